The van der Waals surface area contributed by atoms with Crippen LogP contribution in [-0.2, 0) is 0 Å². The predicted octanol–water partition coefficient (Wildman–Crippen LogP) is 4.12. The van der Waals surface area contributed by atoms with Gasteiger partial charge < -0.3 is 5.32 Å². The van der Waals surface area contributed by atoms with Crippen molar-refractivity contribution in [3.63, 3.8) is 0 Å². The van der Waals surface area contributed by atoms with E-state index in [2.05, 4.69) is 61.4 Å². The van der Waals surface area contributed by atoms with Crippen molar-refractivity contribution < 1.29 is 0 Å². The Morgan fingerprint density at radius 3 is 2.37 bits per heavy atom. The molecule has 1 heterocycles. The van der Waals surface area contributed by atoms with Gasteiger partial charge in [0.05, 0.1) is 0 Å². The quantitative estimate of drug-likeness (QED) is 0.868. The van der Waals surface area contributed by atoms with Crippen LogP contribution in [0, 0.1) is 6.92 Å². The van der Waals surface area contributed by atoms with Gasteiger partial charge >= 0.3 is 0 Å². The van der Waals surface area contributed by atoms with Crippen molar-refractivity contribution in [2.75, 3.05) is 6.54 Å². The van der Waals surface area contributed by atoms with Crippen LogP contribution in [0.2, 0.25) is 0 Å². The third kappa shape index (κ3) is 3.42. The molecule has 0 bridgehead atoms. The normalized spacial score (nSPS) is 12.4. The van der Waals surface area contributed by atoms with Gasteiger partial charge in [0, 0.05) is 24.0 Å². The van der Waals surface area contributed by atoms with E-state index < -0.39 is 0 Å². The van der Waals surface area contributed by atoms with Crippen LogP contribution in [-0.4, -0.2) is 11.5 Å². The SMILES string of the molecule is CCNC(CC)c1ccc(-c2cncc(C)c2)cc1. The molecule has 19 heavy (non-hydrogen) atoms. The van der Waals surface area contributed by atoms with E-state index in [1.807, 2.05) is 12.4 Å². The number of nitrogens with zero attached hydrogens (tertiary/aromatic N) is 1. The second-order valence-electron chi connectivity index (χ2n) is 4.89. The summed E-state index contributed by atoms with van der Waals surface area (Å²) in [7, 11) is 0. The fourth-order valence-electron chi connectivity index (χ4n) is 2.36. The average Bonchev–Trinajstić information content (AvgIpc) is 2.45. The third-order valence-electron chi connectivity index (χ3n) is 3.38. The number of nitrogens with one attached hydrogen (secondary N) is 1. The summed E-state index contributed by atoms with van der Waals surface area (Å²) in [6.07, 6.45) is 4.92. The minimum atomic E-state index is 0.453. The minimum Gasteiger partial charge on any atom is -0.310 e. The molecule has 0 saturated carbocycles. The van der Waals surface area contributed by atoms with Gasteiger partial charge in [-0.2, -0.15) is 0 Å². The monoisotopic (exact) mass is 254 g/mol. The highest BCUT2D eigenvalue weighted by molar-refractivity contribution is 5.63. The summed E-state index contributed by atoms with van der Waals surface area (Å²) in [6, 6.07) is 11.4. The number of hydrogen-bond acceptors (Lipinski definition) is 2. The Labute approximate surface area is 115 Å². The van der Waals surface area contributed by atoms with E-state index >= 15 is 0 Å². The number of aromatic nitrogens is 1. The molecule has 2 nitrogen and oxygen atoms in total. The molecule has 0 aliphatic carbocycles. The first kappa shape index (κ1) is 13.8. The third-order valence-corrected chi connectivity index (χ3v) is 3.38. The molecule has 0 radical (unpaired) electrons. The first-order valence-electron chi connectivity index (χ1n) is 7.00. The largest absolute Gasteiger partial charge is 0.310 e. The molecule has 2 heteroatoms. The maximum atomic E-state index is 4.25. The smallest absolute Gasteiger partial charge is 0.0346 e. The van der Waals surface area contributed by atoms with E-state index in [1.54, 1.807) is 0 Å². The Morgan fingerprint density at radius 1 is 1.05 bits per heavy atom. The molecule has 100 valence electrons. The van der Waals surface area contributed by atoms with Gasteiger partial charge in [-0.3, -0.25) is 4.98 Å². The van der Waals surface area contributed by atoms with Crippen LogP contribution in [0.15, 0.2) is 42.7 Å². The molecule has 0 amide bonds. The first-order valence-corrected chi connectivity index (χ1v) is 7.00. The Bertz CT molecular complexity index is 517. The van der Waals surface area contributed by atoms with Crippen LogP contribution in [0.4, 0.5) is 0 Å². The summed E-state index contributed by atoms with van der Waals surface area (Å²) in [6.45, 7) is 7.44. The topological polar surface area (TPSA) is 24.9 Å². The number of hydrogen-bond donors (Lipinski definition) is 1. The fraction of sp³-hybridized carbons (Fsp3) is 0.353. The van der Waals surface area contributed by atoms with Gasteiger partial charge in [-0.25, -0.2) is 0 Å². The lowest BCUT2D eigenvalue weighted by molar-refractivity contribution is 0.537. The van der Waals surface area contributed by atoms with Gasteiger partial charge in [0.2, 0.25) is 0 Å². The lowest BCUT2D eigenvalue weighted by atomic mass is 10.00. The van der Waals surface area contributed by atoms with Crippen molar-refractivity contribution in [3.8, 4) is 11.1 Å². The summed E-state index contributed by atoms with van der Waals surface area (Å²) in [5.41, 5.74) is 4.96. The lowest BCUT2D eigenvalue weighted by Crippen LogP contribution is -2.19. The Kier molecular flexibility index (Phi) is 4.69. The zero-order valence-corrected chi connectivity index (χ0v) is 12.0. The molecule has 2 rings (SSSR count). The Morgan fingerprint density at radius 2 is 1.79 bits per heavy atom. The van der Waals surface area contributed by atoms with Crippen LogP contribution in [0.5, 0.6) is 0 Å². The van der Waals surface area contributed by atoms with Gasteiger partial charge in [0.25, 0.3) is 0 Å². The molecule has 0 spiro atoms. The molecule has 1 aromatic carbocycles. The van der Waals surface area contributed by atoms with Gasteiger partial charge in [-0.15, -0.1) is 0 Å². The number of benzene rings is 1. The van der Waals surface area contributed by atoms with Crippen LogP contribution >= 0.6 is 0 Å². The Balaban J connectivity index is 2.23. The summed E-state index contributed by atoms with van der Waals surface area (Å²) >= 11 is 0. The summed E-state index contributed by atoms with van der Waals surface area (Å²) in [4.78, 5) is 4.25. The molecule has 1 unspecified atom stereocenters. The second kappa shape index (κ2) is 6.48. The standard InChI is InChI=1S/C17H22N2/c1-4-17(19-5-2)15-8-6-14(7-9-15)16-10-13(3)11-18-12-16/h6-12,17,19H,4-5H2,1-3H3. The van der Waals surface area contributed by atoms with Crippen molar-refractivity contribution in [1.82, 2.24) is 10.3 Å². The van der Waals surface area contributed by atoms with Crippen LogP contribution < -0.4 is 5.32 Å². The summed E-state index contributed by atoms with van der Waals surface area (Å²) in [5.74, 6) is 0. The molecule has 0 fully saturated rings. The number of rotatable bonds is 5. The molecule has 2 aromatic rings. The number of aryl methyl sites for hydroxylation is 1. The van der Waals surface area contributed by atoms with Gasteiger partial charge in [-0.1, -0.05) is 38.1 Å². The highest BCUT2D eigenvalue weighted by atomic mass is 14.9. The molecule has 0 saturated heterocycles. The highest BCUT2D eigenvalue weighted by Gasteiger charge is 2.07. The average molecular weight is 254 g/mol. The molecule has 1 atom stereocenters. The van der Waals surface area contributed by atoms with Crippen LogP contribution in [0.1, 0.15) is 37.4 Å². The van der Waals surface area contributed by atoms with Crippen LogP contribution in [0.25, 0.3) is 11.1 Å². The van der Waals surface area contributed by atoms with Crippen molar-refractivity contribution >= 4 is 0 Å². The van der Waals surface area contributed by atoms with Crippen molar-refractivity contribution in [3.05, 3.63) is 53.9 Å². The molecule has 1 aromatic heterocycles. The molecule has 0 aliphatic rings. The highest BCUT2D eigenvalue weighted by Crippen LogP contribution is 2.23. The molecule has 1 N–H and O–H groups in total. The van der Waals surface area contributed by atoms with Crippen molar-refractivity contribution in [1.29, 1.82) is 0 Å². The van der Waals surface area contributed by atoms with E-state index in [4.69, 9.17) is 0 Å². The minimum absolute atomic E-state index is 0.453. The maximum absolute atomic E-state index is 4.25. The van der Waals surface area contributed by atoms with Gasteiger partial charge in [0.1, 0.15) is 0 Å². The van der Waals surface area contributed by atoms with Crippen molar-refractivity contribution in [2.24, 2.45) is 0 Å². The number of pyridine rings is 1. The molecular weight excluding hydrogens is 232 g/mol. The van der Waals surface area contributed by atoms with E-state index in [0.29, 0.717) is 6.04 Å². The van der Waals surface area contributed by atoms with E-state index in [1.165, 1.54) is 22.3 Å². The lowest BCUT2D eigenvalue weighted by Gasteiger charge is -2.16. The van der Waals surface area contributed by atoms with Gasteiger partial charge in [-0.05, 0) is 42.6 Å². The zero-order valence-electron chi connectivity index (χ0n) is 12.0. The maximum Gasteiger partial charge on any atom is 0.0346 e. The Hall–Kier alpha value is -1.67. The van der Waals surface area contributed by atoms with Crippen LogP contribution in [0.3, 0.4) is 0 Å². The fourth-order valence-corrected chi connectivity index (χ4v) is 2.36. The zero-order chi connectivity index (χ0) is 13.7. The summed E-state index contributed by atoms with van der Waals surface area (Å²) < 4.78 is 0. The van der Waals surface area contributed by atoms with E-state index in [9.17, 15) is 0 Å². The van der Waals surface area contributed by atoms with E-state index in [-0.39, 0.29) is 0 Å². The molecule has 0 aliphatic heterocycles. The first-order chi connectivity index (χ1) is 9.24. The molecular formula is C17H22N2. The summed E-state index contributed by atoms with van der Waals surface area (Å²) in [5, 5.41) is 3.50. The van der Waals surface area contributed by atoms with Gasteiger partial charge in [0.15, 0.2) is 0 Å². The van der Waals surface area contributed by atoms with E-state index in [0.717, 1.165) is 13.0 Å². The second-order valence-corrected chi connectivity index (χ2v) is 4.89. The predicted molar refractivity (Wildman–Crippen MR) is 81.1 cm³/mol. The van der Waals surface area contributed by atoms with Crippen molar-refractivity contribution in [2.45, 2.75) is 33.2 Å².